The van der Waals surface area contributed by atoms with Gasteiger partial charge in [0.15, 0.2) is 0 Å². The third kappa shape index (κ3) is 3.62. The van der Waals surface area contributed by atoms with Gasteiger partial charge in [-0.3, -0.25) is 9.78 Å². The fraction of sp³-hybridized carbons (Fsp3) is 0.500. The largest absolute Gasteiger partial charge is 0.325 e. The lowest BCUT2D eigenvalue weighted by Crippen LogP contribution is -2.23. The second-order valence-corrected chi connectivity index (χ2v) is 4.21. The van der Waals surface area contributed by atoms with Crippen molar-refractivity contribution in [2.24, 2.45) is 0 Å². The number of nitrogens with zero attached hydrogens (tertiary/aromatic N) is 1. The van der Waals surface area contributed by atoms with Crippen LogP contribution >= 0.6 is 0 Å². The lowest BCUT2D eigenvalue weighted by atomic mass is 10.3. The molecule has 2 rings (SSSR count). The maximum Gasteiger partial charge on any atom is 0.225 e. The van der Waals surface area contributed by atoms with Crippen LogP contribution < -0.4 is 10.6 Å². The third-order valence-corrected chi connectivity index (χ3v) is 2.56. The number of aryl methyl sites for hydroxylation is 1. The van der Waals surface area contributed by atoms with E-state index < -0.39 is 0 Å². The van der Waals surface area contributed by atoms with Crippen molar-refractivity contribution in [1.82, 2.24) is 10.3 Å². The van der Waals surface area contributed by atoms with E-state index in [0.29, 0.717) is 12.5 Å². The Labute approximate surface area is 95.5 Å². The van der Waals surface area contributed by atoms with Gasteiger partial charge in [-0.15, -0.1) is 0 Å². The van der Waals surface area contributed by atoms with Crippen LogP contribution in [0.5, 0.6) is 0 Å². The van der Waals surface area contributed by atoms with E-state index in [4.69, 9.17) is 0 Å². The molecule has 1 amide bonds. The van der Waals surface area contributed by atoms with E-state index in [9.17, 15) is 4.79 Å². The van der Waals surface area contributed by atoms with Gasteiger partial charge < -0.3 is 10.6 Å². The van der Waals surface area contributed by atoms with Crippen LogP contribution in [-0.2, 0) is 4.79 Å². The lowest BCUT2D eigenvalue weighted by Gasteiger charge is -2.05. The van der Waals surface area contributed by atoms with Gasteiger partial charge >= 0.3 is 0 Å². The average molecular weight is 219 g/mol. The van der Waals surface area contributed by atoms with E-state index in [1.54, 1.807) is 6.20 Å². The molecule has 1 heterocycles. The van der Waals surface area contributed by atoms with Gasteiger partial charge in [0, 0.05) is 24.7 Å². The van der Waals surface area contributed by atoms with Crippen LogP contribution in [-0.4, -0.2) is 23.5 Å². The first kappa shape index (κ1) is 11.1. The Balaban J connectivity index is 1.70. The first-order valence-corrected chi connectivity index (χ1v) is 5.70. The standard InChI is InChI=1S/C12H17N3O/c1-9-2-3-11(8-14-9)15-12(16)6-7-13-10-4-5-10/h2-3,8,10,13H,4-7H2,1H3,(H,15,16). The molecule has 0 bridgehead atoms. The predicted octanol–water partition coefficient (Wildman–Crippen LogP) is 1.47. The summed E-state index contributed by atoms with van der Waals surface area (Å²) in [6.07, 6.45) is 4.71. The van der Waals surface area contributed by atoms with E-state index >= 15 is 0 Å². The monoisotopic (exact) mass is 219 g/mol. The number of hydrogen-bond donors (Lipinski definition) is 2. The summed E-state index contributed by atoms with van der Waals surface area (Å²) in [5.41, 5.74) is 1.72. The number of rotatable bonds is 5. The van der Waals surface area contributed by atoms with Crippen molar-refractivity contribution >= 4 is 11.6 Å². The normalized spacial score (nSPS) is 14.8. The summed E-state index contributed by atoms with van der Waals surface area (Å²) < 4.78 is 0. The fourth-order valence-corrected chi connectivity index (χ4v) is 1.44. The molecule has 1 aliphatic carbocycles. The Morgan fingerprint density at radius 1 is 1.50 bits per heavy atom. The number of aromatic nitrogens is 1. The SMILES string of the molecule is Cc1ccc(NC(=O)CCNC2CC2)cn1. The average Bonchev–Trinajstić information content (AvgIpc) is 3.05. The molecule has 4 heteroatoms. The Hall–Kier alpha value is -1.42. The van der Waals surface area contributed by atoms with Crippen LogP contribution in [0.3, 0.4) is 0 Å². The molecule has 2 N–H and O–H groups in total. The summed E-state index contributed by atoms with van der Waals surface area (Å²) in [5.74, 6) is 0.0406. The highest BCUT2D eigenvalue weighted by Crippen LogP contribution is 2.18. The van der Waals surface area contributed by atoms with Crippen molar-refractivity contribution in [2.45, 2.75) is 32.2 Å². The first-order valence-electron chi connectivity index (χ1n) is 5.70. The number of nitrogens with one attached hydrogen (secondary N) is 2. The summed E-state index contributed by atoms with van der Waals surface area (Å²) in [7, 11) is 0. The van der Waals surface area contributed by atoms with Gasteiger partial charge in [-0.25, -0.2) is 0 Å². The lowest BCUT2D eigenvalue weighted by molar-refractivity contribution is -0.116. The minimum absolute atomic E-state index is 0.0406. The van der Waals surface area contributed by atoms with E-state index in [1.165, 1.54) is 12.8 Å². The smallest absolute Gasteiger partial charge is 0.225 e. The quantitative estimate of drug-likeness (QED) is 0.788. The topological polar surface area (TPSA) is 54.0 Å². The number of hydrogen-bond acceptors (Lipinski definition) is 3. The highest BCUT2D eigenvalue weighted by molar-refractivity contribution is 5.90. The Kier molecular flexibility index (Phi) is 3.51. The molecule has 1 saturated carbocycles. The second-order valence-electron chi connectivity index (χ2n) is 4.21. The Morgan fingerprint density at radius 2 is 2.31 bits per heavy atom. The predicted molar refractivity (Wildman–Crippen MR) is 63.2 cm³/mol. The van der Waals surface area contributed by atoms with Crippen molar-refractivity contribution in [3.63, 3.8) is 0 Å². The number of carbonyl (C=O) groups excluding carboxylic acids is 1. The van der Waals surface area contributed by atoms with E-state index in [0.717, 1.165) is 17.9 Å². The number of carbonyl (C=O) groups is 1. The van der Waals surface area contributed by atoms with Crippen LogP contribution in [0.4, 0.5) is 5.69 Å². The van der Waals surface area contributed by atoms with Crippen LogP contribution in [0.2, 0.25) is 0 Å². The molecule has 16 heavy (non-hydrogen) atoms. The molecule has 0 spiro atoms. The van der Waals surface area contributed by atoms with Crippen molar-refractivity contribution in [1.29, 1.82) is 0 Å². The summed E-state index contributed by atoms with van der Waals surface area (Å²) in [4.78, 5) is 15.6. The zero-order valence-electron chi connectivity index (χ0n) is 9.49. The highest BCUT2D eigenvalue weighted by atomic mass is 16.1. The molecule has 0 unspecified atom stereocenters. The van der Waals surface area contributed by atoms with E-state index in [2.05, 4.69) is 15.6 Å². The summed E-state index contributed by atoms with van der Waals surface area (Å²) >= 11 is 0. The van der Waals surface area contributed by atoms with E-state index in [-0.39, 0.29) is 5.91 Å². The van der Waals surface area contributed by atoms with Gasteiger partial charge in [0.05, 0.1) is 11.9 Å². The molecule has 4 nitrogen and oxygen atoms in total. The third-order valence-electron chi connectivity index (χ3n) is 2.56. The van der Waals surface area contributed by atoms with Gasteiger partial charge in [-0.1, -0.05) is 0 Å². The number of anilines is 1. The van der Waals surface area contributed by atoms with Crippen molar-refractivity contribution in [3.8, 4) is 0 Å². The Bertz CT molecular complexity index is 357. The molecule has 86 valence electrons. The minimum Gasteiger partial charge on any atom is -0.325 e. The molecule has 1 aliphatic rings. The zero-order chi connectivity index (χ0) is 11.4. The van der Waals surface area contributed by atoms with Crippen LogP contribution in [0.1, 0.15) is 25.0 Å². The van der Waals surface area contributed by atoms with Gasteiger partial charge in [0.25, 0.3) is 0 Å². The maximum absolute atomic E-state index is 11.5. The molecule has 0 radical (unpaired) electrons. The van der Waals surface area contributed by atoms with Crippen molar-refractivity contribution in [3.05, 3.63) is 24.0 Å². The van der Waals surface area contributed by atoms with Crippen LogP contribution in [0, 0.1) is 6.92 Å². The molecule has 1 aromatic rings. The molecule has 1 aromatic heterocycles. The fourth-order valence-electron chi connectivity index (χ4n) is 1.44. The highest BCUT2D eigenvalue weighted by Gasteiger charge is 2.19. The zero-order valence-corrected chi connectivity index (χ0v) is 9.49. The molecule has 1 fully saturated rings. The van der Waals surface area contributed by atoms with Gasteiger partial charge in [-0.2, -0.15) is 0 Å². The maximum atomic E-state index is 11.5. The first-order chi connectivity index (χ1) is 7.74. The molecule has 0 aromatic carbocycles. The van der Waals surface area contributed by atoms with Crippen molar-refractivity contribution in [2.75, 3.05) is 11.9 Å². The summed E-state index contributed by atoms with van der Waals surface area (Å²) in [6, 6.07) is 4.42. The molecule has 0 saturated heterocycles. The van der Waals surface area contributed by atoms with Gasteiger partial charge in [-0.05, 0) is 31.9 Å². The number of amides is 1. The summed E-state index contributed by atoms with van der Waals surface area (Å²) in [5, 5.41) is 6.13. The van der Waals surface area contributed by atoms with Crippen molar-refractivity contribution < 1.29 is 4.79 Å². The molecule has 0 atom stereocenters. The van der Waals surface area contributed by atoms with Gasteiger partial charge in [0.2, 0.25) is 5.91 Å². The Morgan fingerprint density at radius 3 is 2.94 bits per heavy atom. The molecule has 0 aliphatic heterocycles. The summed E-state index contributed by atoms with van der Waals surface area (Å²) in [6.45, 7) is 2.68. The minimum atomic E-state index is 0.0406. The molecular weight excluding hydrogens is 202 g/mol. The molecular formula is C12H17N3O. The number of pyridine rings is 1. The van der Waals surface area contributed by atoms with Crippen LogP contribution in [0.25, 0.3) is 0 Å². The van der Waals surface area contributed by atoms with Gasteiger partial charge in [0.1, 0.15) is 0 Å². The second kappa shape index (κ2) is 5.07. The van der Waals surface area contributed by atoms with Crippen LogP contribution in [0.15, 0.2) is 18.3 Å². The van der Waals surface area contributed by atoms with E-state index in [1.807, 2.05) is 19.1 Å².